The Bertz CT molecular complexity index is 1130. The van der Waals surface area contributed by atoms with Crippen LogP contribution in [0, 0.1) is 6.92 Å². The quantitative estimate of drug-likeness (QED) is 0.706. The second kappa shape index (κ2) is 6.64. The molecule has 2 N–H and O–H groups in total. The second-order valence-electron chi connectivity index (χ2n) is 6.42. The summed E-state index contributed by atoms with van der Waals surface area (Å²) in [6, 6.07) is 8.55. The van der Waals surface area contributed by atoms with Crippen molar-refractivity contribution in [2.45, 2.75) is 19.9 Å². The van der Waals surface area contributed by atoms with Crippen molar-refractivity contribution >= 4 is 5.91 Å². The van der Waals surface area contributed by atoms with Crippen LogP contribution in [0.2, 0.25) is 0 Å². The molecule has 0 radical (unpaired) electrons. The summed E-state index contributed by atoms with van der Waals surface area (Å²) in [4.78, 5) is 52.9. The van der Waals surface area contributed by atoms with Crippen LogP contribution in [0.5, 0.6) is 0 Å². The topological polar surface area (TPSA) is 112 Å². The molecule has 1 amide bonds. The number of aromatic amines is 2. The molecule has 3 aromatic rings. The van der Waals surface area contributed by atoms with Crippen LogP contribution in [0.4, 0.5) is 0 Å². The van der Waals surface area contributed by atoms with Crippen LogP contribution in [0.25, 0.3) is 11.5 Å². The maximum Gasteiger partial charge on any atom is 0.260 e. The normalized spacial score (nSPS) is 13.3. The van der Waals surface area contributed by atoms with Gasteiger partial charge in [-0.3, -0.25) is 19.4 Å². The monoisotopic (exact) mass is 363 g/mol. The minimum Gasteiger partial charge on any atom is -0.332 e. The van der Waals surface area contributed by atoms with Crippen molar-refractivity contribution in [2.75, 3.05) is 6.54 Å². The van der Waals surface area contributed by atoms with Gasteiger partial charge in [0.1, 0.15) is 11.3 Å². The number of amides is 1. The molecule has 4 rings (SSSR count). The number of carbonyl (C=O) groups is 1. The Balaban J connectivity index is 1.68. The summed E-state index contributed by atoms with van der Waals surface area (Å²) in [6.45, 7) is 2.28. The van der Waals surface area contributed by atoms with Crippen molar-refractivity contribution in [3.8, 4) is 11.5 Å². The summed E-state index contributed by atoms with van der Waals surface area (Å²) in [6.07, 6.45) is 2.00. The molecule has 0 saturated carbocycles. The van der Waals surface area contributed by atoms with Crippen molar-refractivity contribution in [2.24, 2.45) is 0 Å². The Labute approximate surface area is 153 Å². The molecule has 0 saturated heterocycles. The van der Waals surface area contributed by atoms with E-state index in [2.05, 4.69) is 19.9 Å². The highest BCUT2D eigenvalue weighted by Gasteiger charge is 2.26. The third-order valence-corrected chi connectivity index (χ3v) is 4.55. The highest BCUT2D eigenvalue weighted by Crippen LogP contribution is 2.18. The first-order chi connectivity index (χ1) is 13.0. The van der Waals surface area contributed by atoms with E-state index in [0.717, 1.165) is 0 Å². The standard InChI is InChI=1S/C19H17N5O3/c1-11-5-6-13(18(26)21-11)19(27)24-9-7-12-15(10-24)22-16(23-17(12)25)14-4-2-3-8-20-14/h2-6,8H,7,9-10H2,1H3,(H,21,26)(H,22,23,25). The van der Waals surface area contributed by atoms with Crippen LogP contribution in [-0.2, 0) is 13.0 Å². The van der Waals surface area contributed by atoms with Crippen LogP contribution in [-0.4, -0.2) is 37.3 Å². The predicted octanol–water partition coefficient (Wildman–Crippen LogP) is 1.03. The SMILES string of the molecule is Cc1ccc(C(=O)N2CCc3c(nc(-c4ccccn4)[nH]c3=O)C2)c(=O)[nH]1. The van der Waals surface area contributed by atoms with Gasteiger partial charge in [-0.2, -0.15) is 0 Å². The fraction of sp³-hybridized carbons (Fsp3) is 0.211. The summed E-state index contributed by atoms with van der Waals surface area (Å²) in [5.41, 5.74) is 1.78. The van der Waals surface area contributed by atoms with E-state index in [0.29, 0.717) is 41.4 Å². The maximum atomic E-state index is 12.8. The van der Waals surface area contributed by atoms with Crippen molar-refractivity contribution in [1.29, 1.82) is 0 Å². The summed E-state index contributed by atoms with van der Waals surface area (Å²) in [7, 11) is 0. The van der Waals surface area contributed by atoms with E-state index >= 15 is 0 Å². The molecule has 0 unspecified atom stereocenters. The average Bonchev–Trinajstić information content (AvgIpc) is 2.67. The number of hydrogen-bond acceptors (Lipinski definition) is 5. The minimum absolute atomic E-state index is 0.0823. The zero-order chi connectivity index (χ0) is 19.0. The molecule has 0 atom stereocenters. The number of pyridine rings is 2. The van der Waals surface area contributed by atoms with Gasteiger partial charge in [0.15, 0.2) is 5.82 Å². The van der Waals surface area contributed by atoms with Gasteiger partial charge in [-0.05, 0) is 37.6 Å². The largest absolute Gasteiger partial charge is 0.332 e. The van der Waals surface area contributed by atoms with Gasteiger partial charge in [0, 0.05) is 24.0 Å². The van der Waals surface area contributed by atoms with E-state index < -0.39 is 5.56 Å². The Morgan fingerprint density at radius 1 is 1.11 bits per heavy atom. The summed E-state index contributed by atoms with van der Waals surface area (Å²) in [5.74, 6) is -0.00907. The fourth-order valence-corrected chi connectivity index (χ4v) is 3.15. The summed E-state index contributed by atoms with van der Waals surface area (Å²) in [5, 5.41) is 0. The Hall–Kier alpha value is -3.55. The summed E-state index contributed by atoms with van der Waals surface area (Å²) >= 11 is 0. The second-order valence-corrected chi connectivity index (χ2v) is 6.42. The van der Waals surface area contributed by atoms with Gasteiger partial charge in [-0.15, -0.1) is 0 Å². The van der Waals surface area contributed by atoms with Crippen LogP contribution in [0.15, 0.2) is 46.1 Å². The van der Waals surface area contributed by atoms with Gasteiger partial charge < -0.3 is 14.9 Å². The first-order valence-corrected chi connectivity index (χ1v) is 8.55. The Morgan fingerprint density at radius 2 is 1.96 bits per heavy atom. The van der Waals surface area contributed by atoms with Crippen molar-refractivity contribution in [3.63, 3.8) is 0 Å². The van der Waals surface area contributed by atoms with E-state index in [-0.39, 0.29) is 23.6 Å². The number of nitrogens with one attached hydrogen (secondary N) is 2. The predicted molar refractivity (Wildman–Crippen MR) is 98.3 cm³/mol. The van der Waals surface area contributed by atoms with Crippen LogP contribution in [0.3, 0.4) is 0 Å². The zero-order valence-corrected chi connectivity index (χ0v) is 14.7. The molecule has 4 heterocycles. The zero-order valence-electron chi connectivity index (χ0n) is 14.7. The molecule has 0 aromatic carbocycles. The molecule has 0 spiro atoms. The van der Waals surface area contributed by atoms with E-state index in [1.165, 1.54) is 11.0 Å². The fourth-order valence-electron chi connectivity index (χ4n) is 3.15. The van der Waals surface area contributed by atoms with E-state index in [9.17, 15) is 14.4 Å². The van der Waals surface area contributed by atoms with Gasteiger partial charge in [-0.25, -0.2) is 4.98 Å². The lowest BCUT2D eigenvalue weighted by atomic mass is 10.1. The van der Waals surface area contributed by atoms with Crippen molar-refractivity contribution in [1.82, 2.24) is 24.8 Å². The number of H-pyrrole nitrogens is 2. The van der Waals surface area contributed by atoms with E-state index in [4.69, 9.17) is 0 Å². The van der Waals surface area contributed by atoms with Gasteiger partial charge in [-0.1, -0.05) is 6.07 Å². The number of rotatable bonds is 2. The van der Waals surface area contributed by atoms with Crippen LogP contribution >= 0.6 is 0 Å². The average molecular weight is 363 g/mol. The van der Waals surface area contributed by atoms with E-state index in [1.54, 1.807) is 37.4 Å². The lowest BCUT2D eigenvalue weighted by molar-refractivity contribution is 0.0729. The number of carbonyl (C=O) groups excluding carboxylic acids is 1. The third-order valence-electron chi connectivity index (χ3n) is 4.55. The molecule has 27 heavy (non-hydrogen) atoms. The number of aromatic nitrogens is 4. The molecule has 0 bridgehead atoms. The Kier molecular flexibility index (Phi) is 4.15. The molecular weight excluding hydrogens is 346 g/mol. The molecule has 8 nitrogen and oxygen atoms in total. The van der Waals surface area contributed by atoms with E-state index in [1.807, 2.05) is 0 Å². The molecule has 3 aromatic heterocycles. The highest BCUT2D eigenvalue weighted by atomic mass is 16.2. The van der Waals surface area contributed by atoms with Gasteiger partial charge in [0.2, 0.25) is 0 Å². The highest BCUT2D eigenvalue weighted by molar-refractivity contribution is 5.94. The summed E-state index contributed by atoms with van der Waals surface area (Å²) < 4.78 is 0. The number of fused-ring (bicyclic) bond motifs is 1. The molecule has 1 aliphatic rings. The van der Waals surface area contributed by atoms with Gasteiger partial charge in [0.25, 0.3) is 17.0 Å². The molecule has 136 valence electrons. The molecular formula is C19H17N5O3. The Morgan fingerprint density at radius 3 is 2.70 bits per heavy atom. The third kappa shape index (κ3) is 3.17. The molecule has 0 aliphatic carbocycles. The number of hydrogen-bond donors (Lipinski definition) is 2. The van der Waals surface area contributed by atoms with Gasteiger partial charge >= 0.3 is 0 Å². The van der Waals surface area contributed by atoms with Crippen molar-refractivity contribution < 1.29 is 4.79 Å². The number of nitrogens with zero attached hydrogens (tertiary/aromatic N) is 3. The first-order valence-electron chi connectivity index (χ1n) is 8.55. The lowest BCUT2D eigenvalue weighted by Crippen LogP contribution is -2.41. The number of aryl methyl sites for hydroxylation is 1. The minimum atomic E-state index is -0.418. The maximum absolute atomic E-state index is 12.8. The van der Waals surface area contributed by atoms with Crippen molar-refractivity contribution in [3.05, 3.63) is 79.8 Å². The van der Waals surface area contributed by atoms with Crippen LogP contribution in [0.1, 0.15) is 27.3 Å². The molecule has 0 fully saturated rings. The molecule has 8 heteroatoms. The lowest BCUT2D eigenvalue weighted by Gasteiger charge is -2.27. The van der Waals surface area contributed by atoms with Crippen LogP contribution < -0.4 is 11.1 Å². The van der Waals surface area contributed by atoms with Gasteiger partial charge in [0.05, 0.1) is 12.2 Å². The first kappa shape index (κ1) is 16.9. The molecule has 1 aliphatic heterocycles. The smallest absolute Gasteiger partial charge is 0.260 e.